The van der Waals surface area contributed by atoms with Gasteiger partial charge in [-0.25, -0.2) is 0 Å². The Kier molecular flexibility index (Phi) is 4.32. The van der Waals surface area contributed by atoms with Crippen LogP contribution in [0, 0.1) is 17.0 Å². The van der Waals surface area contributed by atoms with E-state index in [0.717, 1.165) is 11.3 Å². The van der Waals surface area contributed by atoms with Crippen LogP contribution in [0.15, 0.2) is 47.6 Å². The molecule has 0 unspecified atom stereocenters. The van der Waals surface area contributed by atoms with Gasteiger partial charge in [-0.1, -0.05) is 29.8 Å². The predicted octanol–water partition coefficient (Wildman–Crippen LogP) is 4.00. The van der Waals surface area contributed by atoms with Gasteiger partial charge in [-0.15, -0.1) is 0 Å². The summed E-state index contributed by atoms with van der Waals surface area (Å²) >= 11 is 6.00. The molecule has 6 heteroatoms. The van der Waals surface area contributed by atoms with Gasteiger partial charge in [-0.2, -0.15) is 5.10 Å². The number of nitrogens with one attached hydrogen (secondary N) is 1. The van der Waals surface area contributed by atoms with Gasteiger partial charge in [-0.05, 0) is 30.7 Å². The first kappa shape index (κ1) is 14.0. The van der Waals surface area contributed by atoms with Crippen LogP contribution < -0.4 is 5.43 Å². The number of hydrogen-bond acceptors (Lipinski definition) is 4. The molecule has 0 bridgehead atoms. The largest absolute Gasteiger partial charge is 0.278 e. The first-order valence-electron chi connectivity index (χ1n) is 5.86. The average molecular weight is 290 g/mol. The molecule has 0 atom stereocenters. The minimum Gasteiger partial charge on any atom is -0.278 e. The molecule has 0 aliphatic heterocycles. The molecular formula is C14H12ClN3O2. The lowest BCUT2D eigenvalue weighted by molar-refractivity contribution is -0.385. The molecule has 0 radical (unpaired) electrons. The Morgan fingerprint density at radius 1 is 1.30 bits per heavy atom. The van der Waals surface area contributed by atoms with Crippen LogP contribution in [0.2, 0.25) is 5.02 Å². The number of hydrazone groups is 1. The van der Waals surface area contributed by atoms with E-state index < -0.39 is 4.92 Å². The SMILES string of the molecule is Cc1ccc(N/N=C\c2ccccc2[N+](=O)[O-])cc1Cl. The number of rotatable bonds is 4. The van der Waals surface area contributed by atoms with Crippen LogP contribution in [0.1, 0.15) is 11.1 Å². The smallest absolute Gasteiger partial charge is 0.278 e. The van der Waals surface area contributed by atoms with E-state index in [2.05, 4.69) is 10.5 Å². The van der Waals surface area contributed by atoms with E-state index in [1.807, 2.05) is 19.1 Å². The lowest BCUT2D eigenvalue weighted by atomic mass is 10.2. The highest BCUT2D eigenvalue weighted by Gasteiger charge is 2.09. The summed E-state index contributed by atoms with van der Waals surface area (Å²) in [5.41, 5.74) is 4.93. The van der Waals surface area contributed by atoms with E-state index in [1.54, 1.807) is 24.3 Å². The standard InChI is InChI=1S/C14H12ClN3O2/c1-10-6-7-12(8-13(10)15)17-16-9-11-4-2-3-5-14(11)18(19)20/h2-9,17H,1H3/b16-9-. The molecule has 0 amide bonds. The summed E-state index contributed by atoms with van der Waals surface area (Å²) in [6.07, 6.45) is 1.41. The van der Waals surface area contributed by atoms with E-state index in [1.165, 1.54) is 12.3 Å². The second kappa shape index (κ2) is 6.16. The number of halogens is 1. The third kappa shape index (κ3) is 3.33. The number of aryl methyl sites for hydroxylation is 1. The van der Waals surface area contributed by atoms with Gasteiger partial charge in [-0.3, -0.25) is 15.5 Å². The van der Waals surface area contributed by atoms with Crippen LogP contribution in [0.4, 0.5) is 11.4 Å². The van der Waals surface area contributed by atoms with Crippen molar-refractivity contribution in [2.45, 2.75) is 6.92 Å². The predicted molar refractivity (Wildman–Crippen MR) is 80.5 cm³/mol. The third-order valence-electron chi connectivity index (χ3n) is 2.70. The molecule has 102 valence electrons. The van der Waals surface area contributed by atoms with Crippen LogP contribution in [0.25, 0.3) is 0 Å². The van der Waals surface area contributed by atoms with Gasteiger partial charge >= 0.3 is 0 Å². The molecule has 0 fully saturated rings. The van der Waals surface area contributed by atoms with Crippen molar-refractivity contribution in [3.8, 4) is 0 Å². The van der Waals surface area contributed by atoms with E-state index in [9.17, 15) is 10.1 Å². The molecule has 2 aromatic rings. The summed E-state index contributed by atoms with van der Waals surface area (Å²) in [6.45, 7) is 1.91. The Labute approximate surface area is 121 Å². The summed E-state index contributed by atoms with van der Waals surface area (Å²) < 4.78 is 0. The summed E-state index contributed by atoms with van der Waals surface area (Å²) in [5, 5.41) is 15.5. The Hall–Kier alpha value is -2.40. The fourth-order valence-corrected chi connectivity index (χ4v) is 1.78. The highest BCUT2D eigenvalue weighted by Crippen LogP contribution is 2.20. The van der Waals surface area contributed by atoms with Gasteiger partial charge < -0.3 is 0 Å². The van der Waals surface area contributed by atoms with Crippen molar-refractivity contribution >= 4 is 29.2 Å². The van der Waals surface area contributed by atoms with Gasteiger partial charge in [0, 0.05) is 11.1 Å². The normalized spacial score (nSPS) is 10.7. The number of benzene rings is 2. The number of anilines is 1. The molecule has 20 heavy (non-hydrogen) atoms. The van der Waals surface area contributed by atoms with Gasteiger partial charge in [0.2, 0.25) is 0 Å². The number of nitro benzene ring substituents is 1. The van der Waals surface area contributed by atoms with E-state index in [-0.39, 0.29) is 5.69 Å². The van der Waals surface area contributed by atoms with Gasteiger partial charge in [0.15, 0.2) is 0 Å². The summed E-state index contributed by atoms with van der Waals surface area (Å²) in [4.78, 5) is 10.4. The average Bonchev–Trinajstić information content (AvgIpc) is 2.43. The lowest BCUT2D eigenvalue weighted by Crippen LogP contribution is -1.96. The lowest BCUT2D eigenvalue weighted by Gasteiger charge is -2.03. The molecule has 5 nitrogen and oxygen atoms in total. The zero-order valence-corrected chi connectivity index (χ0v) is 11.5. The molecular weight excluding hydrogens is 278 g/mol. The summed E-state index contributed by atoms with van der Waals surface area (Å²) in [6, 6.07) is 11.8. The maximum absolute atomic E-state index is 10.8. The molecule has 0 aliphatic carbocycles. The van der Waals surface area contributed by atoms with Crippen molar-refractivity contribution in [1.29, 1.82) is 0 Å². The fourth-order valence-electron chi connectivity index (χ4n) is 1.60. The van der Waals surface area contributed by atoms with Crippen LogP contribution >= 0.6 is 11.6 Å². The molecule has 2 aromatic carbocycles. The third-order valence-corrected chi connectivity index (χ3v) is 3.11. The Morgan fingerprint density at radius 3 is 2.75 bits per heavy atom. The van der Waals surface area contributed by atoms with Crippen LogP contribution in [0.3, 0.4) is 0 Å². The second-order valence-electron chi connectivity index (χ2n) is 4.15. The van der Waals surface area contributed by atoms with Crippen LogP contribution in [-0.2, 0) is 0 Å². The minimum atomic E-state index is -0.440. The molecule has 0 heterocycles. The van der Waals surface area contributed by atoms with Crippen molar-refractivity contribution in [2.24, 2.45) is 5.10 Å². The molecule has 0 saturated heterocycles. The highest BCUT2D eigenvalue weighted by atomic mass is 35.5. The Morgan fingerprint density at radius 2 is 2.05 bits per heavy atom. The van der Waals surface area contributed by atoms with E-state index in [0.29, 0.717) is 10.6 Å². The van der Waals surface area contributed by atoms with E-state index >= 15 is 0 Å². The number of hydrogen-bond donors (Lipinski definition) is 1. The molecule has 0 spiro atoms. The van der Waals surface area contributed by atoms with Crippen molar-refractivity contribution in [2.75, 3.05) is 5.43 Å². The van der Waals surface area contributed by atoms with Crippen molar-refractivity contribution in [3.05, 3.63) is 68.7 Å². The second-order valence-corrected chi connectivity index (χ2v) is 4.56. The Bertz CT molecular complexity index is 671. The molecule has 0 saturated carbocycles. The maximum atomic E-state index is 10.8. The topological polar surface area (TPSA) is 67.5 Å². The highest BCUT2D eigenvalue weighted by molar-refractivity contribution is 6.31. The number of nitro groups is 1. The quantitative estimate of drug-likeness (QED) is 0.525. The molecule has 1 N–H and O–H groups in total. The minimum absolute atomic E-state index is 0.0139. The first-order chi connectivity index (χ1) is 9.58. The fraction of sp³-hybridized carbons (Fsp3) is 0.0714. The van der Waals surface area contributed by atoms with Crippen molar-refractivity contribution in [1.82, 2.24) is 0 Å². The monoisotopic (exact) mass is 289 g/mol. The Balaban J connectivity index is 2.14. The van der Waals surface area contributed by atoms with E-state index in [4.69, 9.17) is 11.6 Å². The van der Waals surface area contributed by atoms with Gasteiger partial charge in [0.1, 0.15) is 0 Å². The summed E-state index contributed by atoms with van der Waals surface area (Å²) in [7, 11) is 0. The molecule has 2 rings (SSSR count). The zero-order valence-electron chi connectivity index (χ0n) is 10.7. The van der Waals surface area contributed by atoms with Crippen LogP contribution in [-0.4, -0.2) is 11.1 Å². The first-order valence-corrected chi connectivity index (χ1v) is 6.24. The van der Waals surface area contributed by atoms with Crippen molar-refractivity contribution in [3.63, 3.8) is 0 Å². The molecule has 0 aliphatic rings. The van der Waals surface area contributed by atoms with Gasteiger partial charge in [0.05, 0.1) is 22.4 Å². The molecule has 0 aromatic heterocycles. The maximum Gasteiger partial charge on any atom is 0.278 e. The van der Waals surface area contributed by atoms with Crippen LogP contribution in [0.5, 0.6) is 0 Å². The van der Waals surface area contributed by atoms with Crippen molar-refractivity contribution < 1.29 is 4.92 Å². The number of nitrogens with zero attached hydrogens (tertiary/aromatic N) is 2. The summed E-state index contributed by atoms with van der Waals surface area (Å²) in [5.74, 6) is 0. The van der Waals surface area contributed by atoms with Gasteiger partial charge in [0.25, 0.3) is 5.69 Å². The number of para-hydroxylation sites is 1. The zero-order chi connectivity index (χ0) is 14.5.